The van der Waals surface area contributed by atoms with Crippen molar-refractivity contribution >= 4 is 5.65 Å². The first-order valence-electron chi connectivity index (χ1n) is 7.47. The van der Waals surface area contributed by atoms with Crippen molar-refractivity contribution in [3.63, 3.8) is 0 Å². The number of hydrogen-bond donors (Lipinski definition) is 1. The number of aryl methyl sites for hydroxylation is 2. The second kappa shape index (κ2) is 6.05. The van der Waals surface area contributed by atoms with Gasteiger partial charge in [-0.1, -0.05) is 25.1 Å². The highest BCUT2D eigenvalue weighted by Crippen LogP contribution is 2.11. The number of ether oxygens (including phenoxy) is 1. The number of H-pyrrole nitrogens is 1. The van der Waals surface area contributed by atoms with Crippen LogP contribution in [-0.4, -0.2) is 21.2 Å². The Morgan fingerprint density at radius 2 is 2.05 bits per heavy atom. The van der Waals surface area contributed by atoms with Crippen molar-refractivity contribution < 1.29 is 4.74 Å². The van der Waals surface area contributed by atoms with Crippen LogP contribution in [0.2, 0.25) is 0 Å². The van der Waals surface area contributed by atoms with Crippen LogP contribution in [0, 0.1) is 6.92 Å². The average molecular weight is 297 g/mol. The quantitative estimate of drug-likeness (QED) is 0.787. The molecule has 2 heterocycles. The van der Waals surface area contributed by atoms with Crippen LogP contribution in [0.15, 0.2) is 41.3 Å². The molecule has 0 saturated carbocycles. The van der Waals surface area contributed by atoms with Gasteiger partial charge in [-0.05, 0) is 25.5 Å². The van der Waals surface area contributed by atoms with E-state index in [0.29, 0.717) is 18.6 Å². The first kappa shape index (κ1) is 14.4. The van der Waals surface area contributed by atoms with Gasteiger partial charge in [0.15, 0.2) is 5.65 Å². The van der Waals surface area contributed by atoms with Crippen LogP contribution >= 0.6 is 0 Å². The molecule has 0 amide bonds. The Morgan fingerprint density at radius 1 is 1.27 bits per heavy atom. The summed E-state index contributed by atoms with van der Waals surface area (Å²) in [5.41, 5.74) is 3.19. The lowest BCUT2D eigenvalue weighted by Gasteiger charge is -2.08. The molecule has 1 N–H and O–H groups in total. The van der Waals surface area contributed by atoms with E-state index < -0.39 is 0 Å². The number of aromatic amines is 1. The van der Waals surface area contributed by atoms with Gasteiger partial charge in [0, 0.05) is 29.4 Å². The molecule has 0 saturated heterocycles. The number of rotatable bonds is 5. The lowest BCUT2D eigenvalue weighted by Crippen LogP contribution is -2.23. The van der Waals surface area contributed by atoms with E-state index in [9.17, 15) is 4.79 Å². The minimum Gasteiger partial charge on any atom is -0.493 e. The summed E-state index contributed by atoms with van der Waals surface area (Å²) in [6.45, 7) is 4.38. The molecule has 22 heavy (non-hydrogen) atoms. The summed E-state index contributed by atoms with van der Waals surface area (Å²) in [6, 6.07) is 9.60. The van der Waals surface area contributed by atoms with E-state index in [1.807, 2.05) is 50.4 Å². The number of benzene rings is 1. The number of fused-ring (bicyclic) bond motifs is 1. The summed E-state index contributed by atoms with van der Waals surface area (Å²) in [6.07, 6.45) is 3.22. The summed E-state index contributed by atoms with van der Waals surface area (Å²) < 4.78 is 7.19. The smallest absolute Gasteiger partial charge is 0.276 e. The molecule has 0 spiro atoms. The maximum atomic E-state index is 12.6. The maximum absolute atomic E-state index is 12.6. The van der Waals surface area contributed by atoms with Crippen molar-refractivity contribution in [2.24, 2.45) is 0 Å². The van der Waals surface area contributed by atoms with Gasteiger partial charge in [0.2, 0.25) is 0 Å². The normalized spacial score (nSPS) is 11.0. The van der Waals surface area contributed by atoms with E-state index >= 15 is 0 Å². The molecule has 5 heteroatoms. The van der Waals surface area contributed by atoms with Gasteiger partial charge in [-0.15, -0.1) is 0 Å². The van der Waals surface area contributed by atoms with Crippen LogP contribution in [0.25, 0.3) is 5.65 Å². The topological polar surface area (TPSA) is 59.4 Å². The lowest BCUT2D eigenvalue weighted by atomic mass is 10.1. The Balaban J connectivity index is 1.83. The van der Waals surface area contributed by atoms with Gasteiger partial charge in [0.1, 0.15) is 5.75 Å². The largest absolute Gasteiger partial charge is 0.493 e. The number of nitrogens with zero attached hydrogens (tertiary/aromatic N) is 2. The Morgan fingerprint density at radius 3 is 2.77 bits per heavy atom. The Bertz CT molecular complexity index is 834. The molecule has 0 aliphatic heterocycles. The summed E-state index contributed by atoms with van der Waals surface area (Å²) in [5, 5.41) is 2.98. The average Bonchev–Trinajstić information content (AvgIpc) is 2.94. The summed E-state index contributed by atoms with van der Waals surface area (Å²) in [7, 11) is 0. The van der Waals surface area contributed by atoms with Gasteiger partial charge in [0.25, 0.3) is 5.56 Å². The zero-order valence-corrected chi connectivity index (χ0v) is 12.8. The molecule has 0 atom stereocenters. The highest BCUT2D eigenvalue weighted by molar-refractivity contribution is 5.47. The molecular formula is C17H19N3O2. The highest BCUT2D eigenvalue weighted by atomic mass is 16.5. The molecule has 3 aromatic rings. The number of nitrogens with one attached hydrogen (secondary N) is 1. The third kappa shape index (κ3) is 2.62. The molecule has 0 radical (unpaired) electrons. The summed E-state index contributed by atoms with van der Waals surface area (Å²) in [5.74, 6) is 0.808. The van der Waals surface area contributed by atoms with E-state index in [1.54, 1.807) is 0 Å². The second-order valence-electron chi connectivity index (χ2n) is 5.20. The lowest BCUT2D eigenvalue weighted by molar-refractivity contribution is 0.321. The molecule has 0 aliphatic rings. The molecule has 1 aromatic carbocycles. The Hall–Kier alpha value is -2.56. The van der Waals surface area contributed by atoms with Gasteiger partial charge in [-0.25, -0.2) is 9.50 Å². The predicted molar refractivity (Wildman–Crippen MR) is 85.6 cm³/mol. The van der Waals surface area contributed by atoms with Gasteiger partial charge in [-0.3, -0.25) is 9.89 Å². The van der Waals surface area contributed by atoms with Crippen LogP contribution in [-0.2, 0) is 12.8 Å². The third-order valence-electron chi connectivity index (χ3n) is 3.78. The van der Waals surface area contributed by atoms with E-state index in [-0.39, 0.29) is 5.56 Å². The number of hydrogen-bond acceptors (Lipinski definition) is 3. The molecule has 0 fully saturated rings. The van der Waals surface area contributed by atoms with Gasteiger partial charge in [0.05, 0.1) is 6.61 Å². The van der Waals surface area contributed by atoms with Gasteiger partial charge in [-0.2, -0.15) is 0 Å². The standard InChI is InChI=1S/C17H19N3O2/c1-3-13-11-18-20-16(13)19-12(2)15(17(20)21)9-10-22-14-7-5-4-6-8-14/h4-8,11,18H,3,9-10H2,1-2H3. The second-order valence-corrected chi connectivity index (χ2v) is 5.20. The number of para-hydroxylation sites is 1. The molecular weight excluding hydrogens is 278 g/mol. The van der Waals surface area contributed by atoms with Crippen molar-refractivity contribution in [1.29, 1.82) is 0 Å². The van der Waals surface area contributed by atoms with E-state index in [0.717, 1.165) is 29.1 Å². The summed E-state index contributed by atoms with van der Waals surface area (Å²) >= 11 is 0. The van der Waals surface area contributed by atoms with E-state index in [1.165, 1.54) is 4.52 Å². The predicted octanol–water partition coefficient (Wildman–Crippen LogP) is 2.51. The molecule has 5 nitrogen and oxygen atoms in total. The van der Waals surface area contributed by atoms with Gasteiger partial charge < -0.3 is 4.74 Å². The SMILES string of the molecule is CCc1c[nH]n2c(=O)c(CCOc3ccccc3)c(C)nc12. The van der Waals surface area contributed by atoms with Gasteiger partial charge >= 0.3 is 0 Å². The summed E-state index contributed by atoms with van der Waals surface area (Å²) in [4.78, 5) is 17.1. The zero-order chi connectivity index (χ0) is 15.5. The van der Waals surface area contributed by atoms with Crippen LogP contribution < -0.4 is 10.3 Å². The molecule has 2 aromatic heterocycles. The number of aromatic nitrogens is 3. The van der Waals surface area contributed by atoms with Crippen molar-refractivity contribution in [1.82, 2.24) is 14.6 Å². The van der Waals surface area contributed by atoms with Crippen molar-refractivity contribution in [3.05, 3.63) is 63.7 Å². The van der Waals surface area contributed by atoms with Crippen molar-refractivity contribution in [2.45, 2.75) is 26.7 Å². The third-order valence-corrected chi connectivity index (χ3v) is 3.78. The van der Waals surface area contributed by atoms with Crippen LogP contribution in [0.4, 0.5) is 0 Å². The zero-order valence-electron chi connectivity index (χ0n) is 12.8. The first-order chi connectivity index (χ1) is 10.7. The van der Waals surface area contributed by atoms with Crippen LogP contribution in [0.5, 0.6) is 5.75 Å². The fourth-order valence-corrected chi connectivity index (χ4v) is 2.54. The minimum absolute atomic E-state index is 0.0427. The fourth-order valence-electron chi connectivity index (χ4n) is 2.54. The monoisotopic (exact) mass is 297 g/mol. The molecule has 0 bridgehead atoms. The van der Waals surface area contributed by atoms with Crippen LogP contribution in [0.1, 0.15) is 23.7 Å². The molecule has 0 aliphatic carbocycles. The van der Waals surface area contributed by atoms with E-state index in [4.69, 9.17) is 4.74 Å². The molecule has 0 unspecified atom stereocenters. The molecule has 3 rings (SSSR count). The first-order valence-corrected chi connectivity index (χ1v) is 7.47. The Kier molecular flexibility index (Phi) is 3.96. The van der Waals surface area contributed by atoms with E-state index in [2.05, 4.69) is 10.1 Å². The van der Waals surface area contributed by atoms with Crippen molar-refractivity contribution in [2.75, 3.05) is 6.61 Å². The minimum atomic E-state index is -0.0427. The van der Waals surface area contributed by atoms with Crippen molar-refractivity contribution in [3.8, 4) is 5.75 Å². The fraction of sp³-hybridized carbons (Fsp3) is 0.294. The Labute approximate surface area is 128 Å². The molecule has 114 valence electrons. The highest BCUT2D eigenvalue weighted by Gasteiger charge is 2.13. The van der Waals surface area contributed by atoms with Crippen LogP contribution in [0.3, 0.4) is 0 Å². The maximum Gasteiger partial charge on any atom is 0.276 e.